The highest BCUT2D eigenvalue weighted by Crippen LogP contribution is 2.22. The van der Waals surface area contributed by atoms with Gasteiger partial charge in [0.2, 0.25) is 0 Å². The third-order valence-electron chi connectivity index (χ3n) is 3.34. The van der Waals surface area contributed by atoms with Crippen molar-refractivity contribution >= 4 is 17.4 Å². The highest BCUT2D eigenvalue weighted by molar-refractivity contribution is 6.03. The summed E-state index contributed by atoms with van der Waals surface area (Å²) in [4.78, 5) is 23.6. The predicted octanol–water partition coefficient (Wildman–Crippen LogP) is 3.52. The van der Waals surface area contributed by atoms with Gasteiger partial charge in [0.1, 0.15) is 5.75 Å². The molecule has 4 heteroatoms. The molecule has 0 fully saturated rings. The average molecular weight is 297 g/mol. The zero-order chi connectivity index (χ0) is 16.1. The zero-order valence-corrected chi connectivity index (χ0v) is 13.0. The monoisotopic (exact) mass is 297 g/mol. The summed E-state index contributed by atoms with van der Waals surface area (Å²) < 4.78 is 5.60. The summed E-state index contributed by atoms with van der Waals surface area (Å²) >= 11 is 0. The first-order valence-electron chi connectivity index (χ1n) is 7.08. The van der Waals surface area contributed by atoms with Gasteiger partial charge in [-0.3, -0.25) is 9.59 Å². The van der Waals surface area contributed by atoms with Crippen molar-refractivity contribution < 1.29 is 14.3 Å². The Kier molecular flexibility index (Phi) is 4.94. The maximum atomic E-state index is 12.0. The molecule has 0 aliphatic carbocycles. The minimum Gasteiger partial charge on any atom is -0.483 e. The van der Waals surface area contributed by atoms with Gasteiger partial charge in [0.05, 0.1) is 5.69 Å². The number of para-hydroxylation sites is 2. The van der Waals surface area contributed by atoms with Gasteiger partial charge in [-0.2, -0.15) is 0 Å². The van der Waals surface area contributed by atoms with E-state index >= 15 is 0 Å². The van der Waals surface area contributed by atoms with E-state index < -0.39 is 0 Å². The molecule has 114 valence electrons. The standard InChI is InChI=1S/C18H19NO3/c1-12-7-6-8-13(2)18(12)22-11-17(21)19-16-10-5-4-9-15(16)14(3)20/h4-10H,11H2,1-3H3,(H,19,21). The highest BCUT2D eigenvalue weighted by atomic mass is 16.5. The fourth-order valence-corrected chi connectivity index (χ4v) is 2.25. The second-order valence-electron chi connectivity index (χ2n) is 5.16. The maximum Gasteiger partial charge on any atom is 0.262 e. The topological polar surface area (TPSA) is 55.4 Å². The highest BCUT2D eigenvalue weighted by Gasteiger charge is 2.11. The van der Waals surface area contributed by atoms with Crippen molar-refractivity contribution in [2.75, 3.05) is 11.9 Å². The van der Waals surface area contributed by atoms with E-state index in [1.807, 2.05) is 32.0 Å². The quantitative estimate of drug-likeness (QED) is 0.859. The van der Waals surface area contributed by atoms with Gasteiger partial charge in [0.25, 0.3) is 5.91 Å². The number of ether oxygens (including phenoxy) is 1. The number of benzene rings is 2. The van der Waals surface area contributed by atoms with Crippen molar-refractivity contribution in [2.24, 2.45) is 0 Å². The van der Waals surface area contributed by atoms with Gasteiger partial charge in [-0.25, -0.2) is 0 Å². The van der Waals surface area contributed by atoms with Gasteiger partial charge in [0, 0.05) is 5.56 Å². The Bertz CT molecular complexity index is 687. The lowest BCUT2D eigenvalue weighted by molar-refractivity contribution is -0.118. The smallest absolute Gasteiger partial charge is 0.262 e. The summed E-state index contributed by atoms with van der Waals surface area (Å²) in [5.41, 5.74) is 2.96. The van der Waals surface area contributed by atoms with Crippen LogP contribution in [0.4, 0.5) is 5.69 Å². The first-order chi connectivity index (χ1) is 10.5. The van der Waals surface area contributed by atoms with Crippen LogP contribution in [0.5, 0.6) is 5.75 Å². The Morgan fingerprint density at radius 2 is 1.64 bits per heavy atom. The van der Waals surface area contributed by atoms with E-state index in [0.29, 0.717) is 11.3 Å². The fourth-order valence-electron chi connectivity index (χ4n) is 2.25. The molecule has 1 amide bonds. The molecule has 2 rings (SSSR count). The van der Waals surface area contributed by atoms with Crippen LogP contribution in [0, 0.1) is 13.8 Å². The Morgan fingerprint density at radius 1 is 1.00 bits per heavy atom. The SMILES string of the molecule is CC(=O)c1ccccc1NC(=O)COc1c(C)cccc1C. The van der Waals surface area contributed by atoms with Crippen LogP contribution in [0.15, 0.2) is 42.5 Å². The van der Waals surface area contributed by atoms with E-state index in [0.717, 1.165) is 16.9 Å². The summed E-state index contributed by atoms with van der Waals surface area (Å²) in [6, 6.07) is 12.7. The first kappa shape index (κ1) is 15.8. The Balaban J connectivity index is 2.04. The molecule has 2 aromatic carbocycles. The van der Waals surface area contributed by atoms with Gasteiger partial charge < -0.3 is 10.1 Å². The molecule has 0 saturated carbocycles. The van der Waals surface area contributed by atoms with E-state index in [9.17, 15) is 9.59 Å². The van der Waals surface area contributed by atoms with Crippen LogP contribution in [-0.2, 0) is 4.79 Å². The largest absolute Gasteiger partial charge is 0.483 e. The van der Waals surface area contributed by atoms with Crippen molar-refractivity contribution in [2.45, 2.75) is 20.8 Å². The van der Waals surface area contributed by atoms with Crippen LogP contribution >= 0.6 is 0 Å². The van der Waals surface area contributed by atoms with Gasteiger partial charge in [-0.05, 0) is 44.0 Å². The molecule has 0 aliphatic heterocycles. The molecule has 0 unspecified atom stereocenters. The van der Waals surface area contributed by atoms with Crippen LogP contribution in [0.1, 0.15) is 28.4 Å². The van der Waals surface area contributed by atoms with Crippen molar-refractivity contribution in [3.8, 4) is 5.75 Å². The van der Waals surface area contributed by atoms with Gasteiger partial charge in [-0.15, -0.1) is 0 Å². The molecule has 2 aromatic rings. The number of amides is 1. The summed E-state index contributed by atoms with van der Waals surface area (Å²) in [6.07, 6.45) is 0. The third-order valence-corrected chi connectivity index (χ3v) is 3.34. The molecular formula is C18H19NO3. The molecule has 0 radical (unpaired) electrons. The predicted molar refractivity (Wildman–Crippen MR) is 86.5 cm³/mol. The molecule has 4 nitrogen and oxygen atoms in total. The Morgan fingerprint density at radius 3 is 2.27 bits per heavy atom. The summed E-state index contributed by atoms with van der Waals surface area (Å²) in [7, 11) is 0. The molecule has 0 spiro atoms. The van der Waals surface area contributed by atoms with Crippen molar-refractivity contribution in [1.29, 1.82) is 0 Å². The molecule has 0 heterocycles. The summed E-state index contributed by atoms with van der Waals surface area (Å²) in [5, 5.41) is 2.72. The molecule has 0 aliphatic rings. The molecule has 0 atom stereocenters. The second-order valence-corrected chi connectivity index (χ2v) is 5.16. The fraction of sp³-hybridized carbons (Fsp3) is 0.222. The van der Waals surface area contributed by atoms with Gasteiger partial charge in [0.15, 0.2) is 12.4 Å². The Hall–Kier alpha value is -2.62. The minimum absolute atomic E-state index is 0.0911. The molecule has 0 saturated heterocycles. The van der Waals surface area contributed by atoms with E-state index in [-0.39, 0.29) is 18.3 Å². The number of anilines is 1. The van der Waals surface area contributed by atoms with Gasteiger partial charge in [-0.1, -0.05) is 30.3 Å². The molecule has 22 heavy (non-hydrogen) atoms. The number of hydrogen-bond donors (Lipinski definition) is 1. The molecule has 0 bridgehead atoms. The second kappa shape index (κ2) is 6.89. The lowest BCUT2D eigenvalue weighted by Crippen LogP contribution is -2.21. The number of nitrogens with one attached hydrogen (secondary N) is 1. The molecule has 0 aromatic heterocycles. The third kappa shape index (κ3) is 3.73. The lowest BCUT2D eigenvalue weighted by atomic mass is 10.1. The van der Waals surface area contributed by atoms with E-state index in [4.69, 9.17) is 4.74 Å². The summed E-state index contributed by atoms with van der Waals surface area (Å²) in [5.74, 6) is 0.334. The number of hydrogen-bond acceptors (Lipinski definition) is 3. The van der Waals surface area contributed by atoms with Crippen LogP contribution in [-0.4, -0.2) is 18.3 Å². The molecular weight excluding hydrogens is 278 g/mol. The molecule has 1 N–H and O–H groups in total. The number of Topliss-reactive ketones (excluding diaryl/α,β-unsaturated/α-hetero) is 1. The van der Waals surface area contributed by atoms with Crippen molar-refractivity contribution in [3.63, 3.8) is 0 Å². The number of aryl methyl sites for hydroxylation is 2. The number of carbonyl (C=O) groups excluding carboxylic acids is 2. The van der Waals surface area contributed by atoms with Crippen LogP contribution in [0.25, 0.3) is 0 Å². The minimum atomic E-state index is -0.295. The first-order valence-corrected chi connectivity index (χ1v) is 7.08. The lowest BCUT2D eigenvalue weighted by Gasteiger charge is -2.13. The normalized spacial score (nSPS) is 10.1. The average Bonchev–Trinajstić information content (AvgIpc) is 2.47. The van der Waals surface area contributed by atoms with Crippen molar-refractivity contribution in [3.05, 3.63) is 59.2 Å². The number of rotatable bonds is 5. The van der Waals surface area contributed by atoms with Crippen molar-refractivity contribution in [1.82, 2.24) is 0 Å². The van der Waals surface area contributed by atoms with Crippen LogP contribution in [0.3, 0.4) is 0 Å². The zero-order valence-electron chi connectivity index (χ0n) is 13.0. The van der Waals surface area contributed by atoms with Crippen LogP contribution < -0.4 is 10.1 Å². The number of carbonyl (C=O) groups is 2. The number of ketones is 1. The van der Waals surface area contributed by atoms with Crippen LogP contribution in [0.2, 0.25) is 0 Å². The van der Waals surface area contributed by atoms with E-state index in [1.54, 1.807) is 24.3 Å². The van der Waals surface area contributed by atoms with E-state index in [2.05, 4.69) is 5.32 Å². The van der Waals surface area contributed by atoms with E-state index in [1.165, 1.54) is 6.92 Å². The summed E-state index contributed by atoms with van der Waals surface area (Å²) in [6.45, 7) is 5.24. The Labute approximate surface area is 130 Å². The van der Waals surface area contributed by atoms with Gasteiger partial charge >= 0.3 is 0 Å². The maximum absolute atomic E-state index is 12.0.